The lowest BCUT2D eigenvalue weighted by Gasteiger charge is -1.92. The molecule has 74 valence electrons. The van der Waals surface area contributed by atoms with Crippen LogP contribution in [-0.2, 0) is 6.54 Å². The summed E-state index contributed by atoms with van der Waals surface area (Å²) in [7, 11) is 0. The topological polar surface area (TPSA) is 39.2 Å². The van der Waals surface area contributed by atoms with Gasteiger partial charge in [-0.05, 0) is 24.6 Å². The minimum atomic E-state index is -0.953. The van der Waals surface area contributed by atoms with Crippen LogP contribution in [-0.4, -0.2) is 0 Å². The van der Waals surface area contributed by atoms with Gasteiger partial charge in [-0.15, -0.1) is 0 Å². The fraction of sp³-hybridized carbons (Fsp3) is 0.200. The average Bonchev–Trinajstić information content (AvgIpc) is 2.50. The van der Waals surface area contributed by atoms with Gasteiger partial charge in [0.1, 0.15) is 5.76 Å². The number of aryl methyl sites for hydroxylation is 1. The molecule has 0 saturated carbocycles. The van der Waals surface area contributed by atoms with Crippen molar-refractivity contribution in [2.24, 2.45) is 5.73 Å². The van der Waals surface area contributed by atoms with Crippen LogP contribution in [0.3, 0.4) is 0 Å². The van der Waals surface area contributed by atoms with Crippen molar-refractivity contribution in [2.75, 3.05) is 0 Å². The van der Waals surface area contributed by atoms with Crippen molar-refractivity contribution >= 4 is 11.0 Å². The molecule has 0 bridgehead atoms. The van der Waals surface area contributed by atoms with Crippen LogP contribution in [0.1, 0.15) is 11.3 Å². The third-order valence-corrected chi connectivity index (χ3v) is 2.28. The molecule has 0 aliphatic carbocycles. The van der Waals surface area contributed by atoms with Gasteiger partial charge in [0.2, 0.25) is 5.82 Å². The number of fused-ring (bicyclic) bond motifs is 1. The van der Waals surface area contributed by atoms with E-state index in [4.69, 9.17) is 10.2 Å². The summed E-state index contributed by atoms with van der Waals surface area (Å²) in [5.74, 6) is -1.37. The summed E-state index contributed by atoms with van der Waals surface area (Å²) in [4.78, 5) is 0. The first-order chi connectivity index (χ1) is 6.65. The van der Waals surface area contributed by atoms with Crippen LogP contribution in [0.15, 0.2) is 16.5 Å². The summed E-state index contributed by atoms with van der Waals surface area (Å²) in [6, 6.07) is 2.58. The van der Waals surface area contributed by atoms with Crippen molar-refractivity contribution in [2.45, 2.75) is 13.5 Å². The zero-order valence-corrected chi connectivity index (χ0v) is 7.60. The van der Waals surface area contributed by atoms with Gasteiger partial charge < -0.3 is 10.2 Å². The molecular formula is C10H9F2NO. The molecule has 0 fully saturated rings. The van der Waals surface area contributed by atoms with Crippen molar-refractivity contribution in [3.8, 4) is 0 Å². The molecule has 0 unspecified atom stereocenters. The number of rotatable bonds is 1. The van der Waals surface area contributed by atoms with Gasteiger partial charge in [-0.1, -0.05) is 0 Å². The summed E-state index contributed by atoms with van der Waals surface area (Å²) < 4.78 is 31.2. The van der Waals surface area contributed by atoms with Crippen molar-refractivity contribution in [1.29, 1.82) is 0 Å². The molecule has 0 spiro atoms. The van der Waals surface area contributed by atoms with Crippen LogP contribution in [0.2, 0.25) is 0 Å². The highest BCUT2D eigenvalue weighted by molar-refractivity contribution is 5.82. The Hall–Kier alpha value is -1.42. The lowest BCUT2D eigenvalue weighted by Crippen LogP contribution is -1.95. The largest absolute Gasteiger partial charge is 0.456 e. The molecule has 1 aromatic carbocycles. The highest BCUT2D eigenvalue weighted by atomic mass is 19.2. The molecule has 2 rings (SSSR count). The quantitative estimate of drug-likeness (QED) is 0.762. The Balaban J connectivity index is 2.85. The van der Waals surface area contributed by atoms with E-state index >= 15 is 0 Å². The fourth-order valence-corrected chi connectivity index (χ4v) is 1.47. The molecule has 1 heterocycles. The van der Waals surface area contributed by atoms with E-state index in [-0.39, 0.29) is 12.1 Å². The Labute approximate surface area is 79.3 Å². The first-order valence-corrected chi connectivity index (χ1v) is 4.21. The zero-order chi connectivity index (χ0) is 10.3. The second-order valence-corrected chi connectivity index (χ2v) is 3.09. The lowest BCUT2D eigenvalue weighted by molar-refractivity contribution is 0.478. The molecule has 1 aromatic heterocycles. The van der Waals surface area contributed by atoms with Gasteiger partial charge in [-0.3, -0.25) is 0 Å². The van der Waals surface area contributed by atoms with Gasteiger partial charge in [0.25, 0.3) is 0 Å². The molecular weight excluding hydrogens is 188 g/mol. The maximum Gasteiger partial charge on any atom is 0.201 e. The summed E-state index contributed by atoms with van der Waals surface area (Å²) in [5, 5.41) is 0.573. The summed E-state index contributed by atoms with van der Waals surface area (Å²) >= 11 is 0. The van der Waals surface area contributed by atoms with Gasteiger partial charge in [0.05, 0.1) is 6.54 Å². The smallest absolute Gasteiger partial charge is 0.201 e. The molecule has 2 N–H and O–H groups in total. The maximum atomic E-state index is 13.2. The lowest BCUT2D eigenvalue weighted by atomic mass is 10.1. The van der Waals surface area contributed by atoms with E-state index in [9.17, 15) is 8.78 Å². The van der Waals surface area contributed by atoms with Crippen molar-refractivity contribution in [3.05, 3.63) is 35.1 Å². The molecule has 4 heteroatoms. The molecule has 2 aromatic rings. The van der Waals surface area contributed by atoms with Crippen LogP contribution >= 0.6 is 0 Å². The second kappa shape index (κ2) is 3.06. The van der Waals surface area contributed by atoms with E-state index in [0.29, 0.717) is 11.1 Å². The molecule has 0 aliphatic heterocycles. The zero-order valence-electron chi connectivity index (χ0n) is 7.60. The highest BCUT2D eigenvalue weighted by Crippen LogP contribution is 2.28. The Morgan fingerprint density at radius 3 is 2.71 bits per heavy atom. The van der Waals surface area contributed by atoms with Crippen molar-refractivity contribution < 1.29 is 13.2 Å². The van der Waals surface area contributed by atoms with E-state index in [2.05, 4.69) is 0 Å². The summed E-state index contributed by atoms with van der Waals surface area (Å²) in [6.07, 6.45) is 0. The Morgan fingerprint density at radius 1 is 1.36 bits per heavy atom. The van der Waals surface area contributed by atoms with Crippen LogP contribution in [0.5, 0.6) is 0 Å². The molecule has 0 amide bonds. The SMILES string of the molecule is Cc1c(CN)oc2c(F)c(F)ccc12. The molecule has 0 atom stereocenters. The van der Waals surface area contributed by atoms with Gasteiger partial charge in [-0.25, -0.2) is 4.39 Å². The van der Waals surface area contributed by atoms with Crippen LogP contribution in [0.4, 0.5) is 8.78 Å². The summed E-state index contributed by atoms with van der Waals surface area (Å²) in [5.41, 5.74) is 6.11. The van der Waals surface area contributed by atoms with E-state index < -0.39 is 11.6 Å². The minimum Gasteiger partial charge on any atom is -0.456 e. The monoisotopic (exact) mass is 197 g/mol. The average molecular weight is 197 g/mol. The van der Waals surface area contributed by atoms with Crippen LogP contribution < -0.4 is 5.73 Å². The molecule has 14 heavy (non-hydrogen) atoms. The maximum absolute atomic E-state index is 13.2. The number of nitrogens with two attached hydrogens (primary N) is 1. The number of hydrogen-bond acceptors (Lipinski definition) is 2. The first kappa shape index (κ1) is 9.15. The van der Waals surface area contributed by atoms with Crippen molar-refractivity contribution in [1.82, 2.24) is 0 Å². The third-order valence-electron chi connectivity index (χ3n) is 2.28. The fourth-order valence-electron chi connectivity index (χ4n) is 1.47. The van der Waals surface area contributed by atoms with Gasteiger partial charge in [-0.2, -0.15) is 4.39 Å². The molecule has 2 nitrogen and oxygen atoms in total. The number of furan rings is 1. The normalized spacial score (nSPS) is 11.1. The predicted octanol–water partition coefficient (Wildman–Crippen LogP) is 2.48. The van der Waals surface area contributed by atoms with E-state index in [1.807, 2.05) is 0 Å². The Bertz CT molecular complexity index is 490. The first-order valence-electron chi connectivity index (χ1n) is 4.21. The standard InChI is InChI=1S/C10H9F2NO/c1-5-6-2-3-7(11)9(12)10(6)14-8(5)4-13/h2-3H,4,13H2,1H3. The van der Waals surface area contributed by atoms with Gasteiger partial charge in [0, 0.05) is 5.39 Å². The molecule has 0 saturated heterocycles. The molecule has 0 radical (unpaired) electrons. The number of hydrogen-bond donors (Lipinski definition) is 1. The molecule has 0 aliphatic rings. The van der Waals surface area contributed by atoms with E-state index in [1.54, 1.807) is 6.92 Å². The highest BCUT2D eigenvalue weighted by Gasteiger charge is 2.15. The van der Waals surface area contributed by atoms with E-state index in [0.717, 1.165) is 11.6 Å². The Kier molecular flexibility index (Phi) is 2.00. The number of halogens is 2. The van der Waals surface area contributed by atoms with E-state index in [1.165, 1.54) is 6.07 Å². The van der Waals surface area contributed by atoms with Crippen molar-refractivity contribution in [3.63, 3.8) is 0 Å². The van der Waals surface area contributed by atoms with Crippen LogP contribution in [0, 0.1) is 18.6 Å². The summed E-state index contributed by atoms with van der Waals surface area (Å²) in [6.45, 7) is 1.95. The second-order valence-electron chi connectivity index (χ2n) is 3.09. The van der Waals surface area contributed by atoms with Crippen LogP contribution in [0.25, 0.3) is 11.0 Å². The number of benzene rings is 1. The van der Waals surface area contributed by atoms with Gasteiger partial charge >= 0.3 is 0 Å². The minimum absolute atomic E-state index is 0.0528. The Morgan fingerprint density at radius 2 is 2.07 bits per heavy atom. The predicted molar refractivity (Wildman–Crippen MR) is 48.8 cm³/mol. The van der Waals surface area contributed by atoms with Gasteiger partial charge in [0.15, 0.2) is 11.4 Å². The third kappa shape index (κ3) is 1.11.